The summed E-state index contributed by atoms with van der Waals surface area (Å²) < 4.78 is 55.8. The van der Waals surface area contributed by atoms with Crippen molar-refractivity contribution in [2.24, 2.45) is 0 Å². The van der Waals surface area contributed by atoms with Crippen LogP contribution in [0.1, 0.15) is 103 Å². The summed E-state index contributed by atoms with van der Waals surface area (Å²) >= 11 is 0. The lowest BCUT2D eigenvalue weighted by molar-refractivity contribution is -0.173. The Balaban J connectivity index is 1.12. The first-order valence-electron chi connectivity index (χ1n) is 18.0. The second kappa shape index (κ2) is 20.7. The molecule has 22 heteroatoms. The number of carbonyl (C=O) groups is 1. The first-order chi connectivity index (χ1) is 25.2. The zero-order valence-corrected chi connectivity index (χ0v) is 31.5. The van der Waals surface area contributed by atoms with E-state index in [1.54, 1.807) is 0 Å². The van der Waals surface area contributed by atoms with Gasteiger partial charge in [-0.2, -0.15) is 4.31 Å². The summed E-state index contributed by atoms with van der Waals surface area (Å²) in [5, 5.41) is 41.7. The van der Waals surface area contributed by atoms with Gasteiger partial charge in [-0.05, 0) is 6.42 Å². The number of aliphatic hydroxyl groups is 4. The second-order valence-electron chi connectivity index (χ2n) is 13.2. The van der Waals surface area contributed by atoms with Crippen molar-refractivity contribution in [1.82, 2.24) is 19.5 Å². The number of imidazole rings is 1. The maximum atomic E-state index is 12.5. The maximum absolute atomic E-state index is 12.5. The van der Waals surface area contributed by atoms with Gasteiger partial charge in [-0.3, -0.25) is 18.4 Å². The molecule has 53 heavy (non-hydrogen) atoms. The summed E-state index contributed by atoms with van der Waals surface area (Å²) in [5.74, 6) is -0.609. The molecule has 0 bridgehead atoms. The molecule has 2 fully saturated rings. The number of hydrogen-bond donors (Lipinski definition) is 7. The molecule has 2 aromatic rings. The number of fused-ring (bicyclic) bond motifs is 1. The molecule has 10 atom stereocenters. The average molecular weight is 798 g/mol. The van der Waals surface area contributed by atoms with Crippen LogP contribution in [0, 0.1) is 0 Å². The Morgan fingerprint density at radius 3 is 1.92 bits per heavy atom. The first kappa shape index (κ1) is 43.6. The number of carbonyl (C=O) groups excluding carboxylic acids is 1. The van der Waals surface area contributed by atoms with Gasteiger partial charge in [0.2, 0.25) is 0 Å². The third kappa shape index (κ3) is 13.0. The number of aliphatic hydroxyl groups excluding tert-OH is 4. The van der Waals surface area contributed by atoms with Gasteiger partial charge in [0.05, 0.1) is 19.5 Å². The van der Waals surface area contributed by atoms with E-state index in [1.807, 2.05) is 0 Å². The summed E-state index contributed by atoms with van der Waals surface area (Å²) in [5.41, 5.74) is 6.14. The molecule has 0 radical (unpaired) electrons. The largest absolute Gasteiger partial charge is 0.481 e. The van der Waals surface area contributed by atoms with Crippen LogP contribution in [0.25, 0.3) is 11.2 Å². The highest BCUT2D eigenvalue weighted by atomic mass is 31.3. The fraction of sp³-hybridized carbons (Fsp3) is 0.806. The van der Waals surface area contributed by atoms with Crippen molar-refractivity contribution in [3.8, 4) is 0 Å². The molecule has 3 unspecified atom stereocenters. The number of rotatable bonds is 24. The van der Waals surface area contributed by atoms with Crippen molar-refractivity contribution in [2.75, 3.05) is 18.9 Å². The van der Waals surface area contributed by atoms with Crippen LogP contribution in [0.3, 0.4) is 0 Å². The number of esters is 1. The molecule has 2 aliphatic heterocycles. The van der Waals surface area contributed by atoms with Crippen LogP contribution in [0.4, 0.5) is 5.82 Å². The molecule has 20 nitrogen and oxygen atoms in total. The molecular weight excluding hydrogens is 744 g/mol. The summed E-state index contributed by atoms with van der Waals surface area (Å²) in [7, 11) is -10.8. The average Bonchev–Trinajstić information content (AvgIpc) is 3.74. The van der Waals surface area contributed by atoms with E-state index in [-0.39, 0.29) is 23.4 Å². The van der Waals surface area contributed by atoms with E-state index >= 15 is 0 Å². The van der Waals surface area contributed by atoms with Gasteiger partial charge in [0, 0.05) is 6.42 Å². The molecule has 0 aliphatic carbocycles. The number of hydrogen-bond acceptors (Lipinski definition) is 17. The van der Waals surface area contributed by atoms with Crippen LogP contribution < -0.4 is 5.73 Å². The number of nitrogen functional groups attached to an aromatic ring is 1. The molecule has 2 aliphatic rings. The predicted molar refractivity (Wildman–Crippen MR) is 185 cm³/mol. The molecule has 8 N–H and O–H groups in total. The lowest BCUT2D eigenvalue weighted by Crippen LogP contribution is -2.38. The van der Waals surface area contributed by atoms with Gasteiger partial charge in [0.1, 0.15) is 42.4 Å². The quantitative estimate of drug-likeness (QED) is 0.0456. The van der Waals surface area contributed by atoms with E-state index < -0.39 is 84.0 Å². The van der Waals surface area contributed by atoms with Gasteiger partial charge in [-0.1, -0.05) is 84.0 Å². The molecule has 0 amide bonds. The Labute approximate surface area is 307 Å². The molecule has 2 saturated heterocycles. The lowest BCUT2D eigenvalue weighted by Gasteiger charge is -2.21. The van der Waals surface area contributed by atoms with Crippen molar-refractivity contribution in [3.05, 3.63) is 12.7 Å². The molecule has 0 aromatic carbocycles. The van der Waals surface area contributed by atoms with Gasteiger partial charge in [-0.25, -0.2) is 24.1 Å². The topological polar surface area (TPSA) is 298 Å². The number of ether oxygens (including phenoxy) is 3. The smallest absolute Gasteiger partial charge is 0.454 e. The highest BCUT2D eigenvalue weighted by Gasteiger charge is 2.48. The lowest BCUT2D eigenvalue weighted by atomic mass is 10.0. The number of aromatic nitrogens is 4. The Morgan fingerprint density at radius 2 is 1.34 bits per heavy atom. The number of anilines is 1. The van der Waals surface area contributed by atoms with Crippen LogP contribution >= 0.6 is 15.6 Å². The van der Waals surface area contributed by atoms with E-state index in [0.717, 1.165) is 32.0 Å². The van der Waals surface area contributed by atoms with Gasteiger partial charge in [-0.15, -0.1) is 0 Å². The molecule has 4 rings (SSSR count). The third-order valence-electron chi connectivity index (χ3n) is 9.07. The zero-order valence-electron chi connectivity index (χ0n) is 29.7. The molecule has 2 aromatic heterocycles. The minimum atomic E-state index is -5.38. The van der Waals surface area contributed by atoms with E-state index in [2.05, 4.69) is 30.7 Å². The predicted octanol–water partition coefficient (Wildman–Crippen LogP) is 2.75. The van der Waals surface area contributed by atoms with Crippen LogP contribution in [-0.4, -0.2) is 112 Å². The minimum Gasteiger partial charge on any atom is -0.454 e. The van der Waals surface area contributed by atoms with Gasteiger partial charge < -0.3 is 50.2 Å². The number of unbranched alkanes of at least 4 members (excludes halogenated alkanes) is 12. The Hall–Kier alpha value is -2.16. The molecular formula is C31H53N5O15P2. The number of phosphoric acid groups is 2. The zero-order chi connectivity index (χ0) is 38.6. The standard InChI is InChI=1S/C31H53N5O15P2/c1-2-3-4-5-6-7-8-9-10-11-12-13-14-15-22(37)50-27-25(39)21(49-31(27)41)17-47-53(44,45)51-52(42,43)46-16-20-24(38)26(40)30(48-20)36-19-35-23-28(32)33-18-34-29(23)36/h18-21,24-27,30-31,38-41H,2-17H2,1H3,(H,42,43)(H,44,45)(H2,32,33,34)/t20-,21-,24-,25-,26-,27-,30-,31?/m1/s1. The molecule has 4 heterocycles. The number of phosphoric ester groups is 2. The van der Waals surface area contributed by atoms with Crippen molar-refractivity contribution in [3.63, 3.8) is 0 Å². The van der Waals surface area contributed by atoms with Crippen molar-refractivity contribution in [2.45, 2.75) is 146 Å². The van der Waals surface area contributed by atoms with Crippen LogP contribution in [0.15, 0.2) is 12.7 Å². The number of nitrogens with zero attached hydrogens (tertiary/aromatic N) is 4. The van der Waals surface area contributed by atoms with Gasteiger partial charge >= 0.3 is 21.6 Å². The van der Waals surface area contributed by atoms with Gasteiger partial charge in [0.25, 0.3) is 0 Å². The SMILES string of the molecule is CCCCCCCCCCCCCCCC(=O)O[C@H]1C(O)O[C@H](COP(=O)(O)OP(=O)(O)OC[C@H]2O[C@@H](n3cnc4c(N)ncnc43)[C@H](O)[C@@H]2O)[C@H]1O. The second-order valence-corrected chi connectivity index (χ2v) is 16.3. The monoisotopic (exact) mass is 797 g/mol. The van der Waals surface area contributed by atoms with Crippen molar-refractivity contribution >= 4 is 38.6 Å². The highest BCUT2D eigenvalue weighted by molar-refractivity contribution is 7.61. The normalized spacial score (nSPS) is 28.3. The highest BCUT2D eigenvalue weighted by Crippen LogP contribution is 2.60. The van der Waals surface area contributed by atoms with E-state index in [0.29, 0.717) is 6.42 Å². The van der Waals surface area contributed by atoms with E-state index in [9.17, 15) is 44.1 Å². The third-order valence-corrected chi connectivity index (χ3v) is 11.7. The fourth-order valence-corrected chi connectivity index (χ4v) is 8.24. The maximum Gasteiger partial charge on any atom is 0.481 e. The summed E-state index contributed by atoms with van der Waals surface area (Å²) in [4.78, 5) is 44.4. The van der Waals surface area contributed by atoms with Crippen LogP contribution in [-0.2, 0) is 41.5 Å². The first-order valence-corrected chi connectivity index (χ1v) is 21.0. The summed E-state index contributed by atoms with van der Waals surface area (Å²) in [6, 6.07) is 0. The fourth-order valence-electron chi connectivity index (χ4n) is 6.15. The Kier molecular flexibility index (Phi) is 17.0. The van der Waals surface area contributed by atoms with Crippen molar-refractivity contribution < 1.29 is 71.7 Å². The van der Waals surface area contributed by atoms with Gasteiger partial charge in [0.15, 0.2) is 30.1 Å². The Bertz CT molecular complexity index is 1540. The Morgan fingerprint density at radius 1 is 0.792 bits per heavy atom. The summed E-state index contributed by atoms with van der Waals surface area (Å²) in [6.45, 7) is 0.391. The van der Waals surface area contributed by atoms with Crippen LogP contribution in [0.2, 0.25) is 0 Å². The molecule has 0 spiro atoms. The van der Waals surface area contributed by atoms with Crippen molar-refractivity contribution in [1.29, 1.82) is 0 Å². The van der Waals surface area contributed by atoms with E-state index in [4.69, 9.17) is 24.5 Å². The number of nitrogens with two attached hydrogens (primary N) is 1. The molecule has 302 valence electrons. The van der Waals surface area contributed by atoms with E-state index in [1.165, 1.54) is 62.3 Å². The van der Waals surface area contributed by atoms with Crippen LogP contribution in [0.5, 0.6) is 0 Å². The summed E-state index contributed by atoms with van der Waals surface area (Å²) in [6.07, 6.45) is 4.87. The minimum absolute atomic E-state index is 0.0551. The molecule has 0 saturated carbocycles.